The second-order valence-corrected chi connectivity index (χ2v) is 9.14. The SMILES string of the molecule is COc1ccc([C@@H](OC(=O)Nc2ccc3c(c2)OCO3)C(C)(C)/C=C/C(=O)Nc2ccccc2N)cc1O. The minimum Gasteiger partial charge on any atom is -0.504 e. The summed E-state index contributed by atoms with van der Waals surface area (Å²) in [7, 11) is 1.44. The van der Waals surface area contributed by atoms with E-state index in [-0.39, 0.29) is 18.3 Å². The number of methoxy groups -OCH3 is 1. The van der Waals surface area contributed by atoms with Crippen molar-refractivity contribution in [3.05, 3.63) is 78.4 Å². The van der Waals surface area contributed by atoms with Gasteiger partial charge in [-0.3, -0.25) is 10.1 Å². The second-order valence-electron chi connectivity index (χ2n) is 9.14. The minimum absolute atomic E-state index is 0.108. The fourth-order valence-electron chi connectivity index (χ4n) is 3.91. The number of ether oxygens (including phenoxy) is 4. The van der Waals surface area contributed by atoms with Crippen molar-refractivity contribution in [1.29, 1.82) is 0 Å². The van der Waals surface area contributed by atoms with Crippen LogP contribution in [-0.4, -0.2) is 31.0 Å². The second kappa shape index (κ2) is 11.0. The normalized spacial score (nSPS) is 13.1. The molecule has 4 rings (SSSR count). The molecule has 198 valence electrons. The first-order valence-electron chi connectivity index (χ1n) is 11.7. The molecule has 1 heterocycles. The zero-order valence-corrected chi connectivity index (χ0v) is 21.2. The van der Waals surface area contributed by atoms with Crippen LogP contribution in [0.15, 0.2) is 72.8 Å². The van der Waals surface area contributed by atoms with E-state index in [4.69, 9.17) is 24.7 Å². The summed E-state index contributed by atoms with van der Waals surface area (Å²) in [5, 5.41) is 15.8. The molecule has 38 heavy (non-hydrogen) atoms. The van der Waals surface area contributed by atoms with Crippen molar-refractivity contribution < 1.29 is 33.6 Å². The Balaban J connectivity index is 1.55. The molecule has 0 aromatic heterocycles. The highest BCUT2D eigenvalue weighted by Gasteiger charge is 2.33. The van der Waals surface area contributed by atoms with Gasteiger partial charge in [0.15, 0.2) is 23.0 Å². The van der Waals surface area contributed by atoms with Crippen LogP contribution in [0, 0.1) is 5.41 Å². The van der Waals surface area contributed by atoms with Gasteiger partial charge >= 0.3 is 6.09 Å². The first-order chi connectivity index (χ1) is 18.2. The molecular weight excluding hydrogens is 490 g/mol. The average Bonchev–Trinajstić information content (AvgIpc) is 3.35. The third-order valence-corrected chi connectivity index (χ3v) is 5.91. The van der Waals surface area contributed by atoms with E-state index in [1.807, 2.05) is 0 Å². The number of hydrogen-bond donors (Lipinski definition) is 4. The largest absolute Gasteiger partial charge is 0.504 e. The third kappa shape index (κ3) is 6.09. The van der Waals surface area contributed by atoms with Gasteiger partial charge in [-0.05, 0) is 48.0 Å². The number of para-hydroxylation sites is 2. The molecule has 0 unspecified atom stereocenters. The van der Waals surface area contributed by atoms with E-state index in [9.17, 15) is 14.7 Å². The van der Waals surface area contributed by atoms with Crippen LogP contribution in [0.5, 0.6) is 23.0 Å². The molecule has 1 aliphatic rings. The Morgan fingerprint density at radius 2 is 1.82 bits per heavy atom. The highest BCUT2D eigenvalue weighted by molar-refractivity contribution is 6.01. The molecule has 10 heteroatoms. The highest BCUT2D eigenvalue weighted by atomic mass is 16.7. The van der Waals surface area contributed by atoms with E-state index in [0.29, 0.717) is 34.1 Å². The number of nitrogens with two attached hydrogens (primary N) is 1. The predicted octanol–water partition coefficient (Wildman–Crippen LogP) is 5.22. The van der Waals surface area contributed by atoms with Crippen molar-refractivity contribution in [3.63, 3.8) is 0 Å². The maximum atomic E-state index is 13.0. The van der Waals surface area contributed by atoms with Crippen molar-refractivity contribution >= 4 is 29.1 Å². The molecular formula is C28H29N3O7. The number of benzene rings is 3. The Morgan fingerprint density at radius 3 is 2.55 bits per heavy atom. The van der Waals surface area contributed by atoms with Crippen molar-refractivity contribution in [3.8, 4) is 23.0 Å². The Hall–Kier alpha value is -4.86. The van der Waals surface area contributed by atoms with Crippen LogP contribution in [0.4, 0.5) is 21.9 Å². The number of hydrogen-bond acceptors (Lipinski definition) is 8. The number of carbonyl (C=O) groups is 2. The molecule has 0 saturated carbocycles. The summed E-state index contributed by atoms with van der Waals surface area (Å²) in [5.74, 6) is 0.833. The van der Waals surface area contributed by atoms with Crippen molar-refractivity contribution in [2.45, 2.75) is 20.0 Å². The molecule has 1 aliphatic heterocycles. The maximum Gasteiger partial charge on any atom is 0.412 e. The predicted molar refractivity (Wildman–Crippen MR) is 142 cm³/mol. The van der Waals surface area contributed by atoms with Crippen LogP contribution in [0.3, 0.4) is 0 Å². The van der Waals surface area contributed by atoms with Gasteiger partial charge < -0.3 is 35.1 Å². The molecule has 0 spiro atoms. The number of phenolic OH excluding ortho intramolecular Hbond substituents is 1. The maximum absolute atomic E-state index is 13.0. The highest BCUT2D eigenvalue weighted by Crippen LogP contribution is 2.41. The van der Waals surface area contributed by atoms with E-state index in [1.165, 1.54) is 19.3 Å². The first-order valence-corrected chi connectivity index (χ1v) is 11.7. The van der Waals surface area contributed by atoms with E-state index in [1.54, 1.807) is 74.5 Å². The summed E-state index contributed by atoms with van der Waals surface area (Å²) >= 11 is 0. The number of amides is 2. The number of phenols is 1. The molecule has 2 amide bonds. The molecule has 5 N–H and O–H groups in total. The van der Waals surface area contributed by atoms with Gasteiger partial charge in [-0.2, -0.15) is 0 Å². The topological polar surface area (TPSA) is 141 Å². The van der Waals surface area contributed by atoms with Gasteiger partial charge in [0.25, 0.3) is 0 Å². The standard InChI is InChI=1S/C28H29N3O7/c1-28(2,13-12-25(33)31-20-7-5-4-6-19(20)29)26(17-8-10-22(35-3)21(32)14-17)38-27(34)30-18-9-11-23-24(15-18)37-16-36-23/h4-15,26,32H,16,29H2,1-3H3,(H,30,34)(H,31,33)/b13-12+/t26-/m1/s1. The Bertz CT molecular complexity index is 1370. The zero-order chi connectivity index (χ0) is 27.3. The van der Waals surface area contributed by atoms with Gasteiger partial charge in [-0.25, -0.2) is 4.79 Å². The molecule has 1 atom stereocenters. The number of rotatable bonds is 8. The lowest BCUT2D eigenvalue weighted by Crippen LogP contribution is -2.28. The molecule has 0 aliphatic carbocycles. The third-order valence-electron chi connectivity index (χ3n) is 5.91. The monoisotopic (exact) mass is 519 g/mol. The Morgan fingerprint density at radius 1 is 1.05 bits per heavy atom. The first kappa shape index (κ1) is 26.2. The number of anilines is 3. The van der Waals surface area contributed by atoms with Gasteiger partial charge in [0, 0.05) is 17.2 Å². The molecule has 0 radical (unpaired) electrons. The fourth-order valence-corrected chi connectivity index (χ4v) is 3.91. The Labute approximate surface area is 220 Å². The van der Waals surface area contributed by atoms with Crippen LogP contribution >= 0.6 is 0 Å². The molecule has 3 aromatic rings. The summed E-state index contributed by atoms with van der Waals surface area (Å²) in [6.45, 7) is 3.71. The summed E-state index contributed by atoms with van der Waals surface area (Å²) in [6.07, 6.45) is 1.33. The Kier molecular flexibility index (Phi) is 7.61. The van der Waals surface area contributed by atoms with Gasteiger partial charge in [0.05, 0.1) is 18.5 Å². The van der Waals surface area contributed by atoms with E-state index < -0.39 is 23.5 Å². The quantitative estimate of drug-likeness (QED) is 0.234. The van der Waals surface area contributed by atoms with Gasteiger partial charge in [-0.15, -0.1) is 0 Å². The van der Waals surface area contributed by atoms with E-state index in [0.717, 1.165) is 0 Å². The van der Waals surface area contributed by atoms with Crippen molar-refractivity contribution in [2.24, 2.45) is 5.41 Å². The molecule has 3 aromatic carbocycles. The van der Waals surface area contributed by atoms with Gasteiger partial charge in [0.1, 0.15) is 6.10 Å². The fraction of sp³-hybridized carbons (Fsp3) is 0.214. The van der Waals surface area contributed by atoms with Crippen LogP contribution in [0.1, 0.15) is 25.5 Å². The van der Waals surface area contributed by atoms with Crippen LogP contribution < -0.4 is 30.6 Å². The number of fused-ring (bicyclic) bond motifs is 1. The number of nitrogen functional groups attached to an aromatic ring is 1. The smallest absolute Gasteiger partial charge is 0.412 e. The van der Waals surface area contributed by atoms with E-state index in [2.05, 4.69) is 10.6 Å². The summed E-state index contributed by atoms with van der Waals surface area (Å²) in [5.41, 5.74) is 6.87. The lowest BCUT2D eigenvalue weighted by Gasteiger charge is -2.32. The number of carbonyl (C=O) groups excluding carboxylic acids is 2. The number of nitrogens with one attached hydrogen (secondary N) is 2. The van der Waals surface area contributed by atoms with E-state index >= 15 is 0 Å². The summed E-state index contributed by atoms with van der Waals surface area (Å²) in [4.78, 5) is 25.6. The molecule has 0 fully saturated rings. The van der Waals surface area contributed by atoms with Crippen LogP contribution in [0.2, 0.25) is 0 Å². The molecule has 0 bridgehead atoms. The lowest BCUT2D eigenvalue weighted by molar-refractivity contribution is -0.112. The summed E-state index contributed by atoms with van der Waals surface area (Å²) < 4.78 is 21.6. The van der Waals surface area contributed by atoms with Crippen LogP contribution in [0.25, 0.3) is 0 Å². The number of aromatic hydroxyl groups is 1. The summed E-state index contributed by atoms with van der Waals surface area (Å²) in [6, 6.07) is 16.6. The molecule has 10 nitrogen and oxygen atoms in total. The van der Waals surface area contributed by atoms with Gasteiger partial charge in [0.2, 0.25) is 12.7 Å². The van der Waals surface area contributed by atoms with Crippen molar-refractivity contribution in [1.82, 2.24) is 0 Å². The minimum atomic E-state index is -0.904. The van der Waals surface area contributed by atoms with Gasteiger partial charge in [-0.1, -0.05) is 38.1 Å². The van der Waals surface area contributed by atoms with Crippen LogP contribution in [-0.2, 0) is 9.53 Å². The average molecular weight is 520 g/mol. The zero-order valence-electron chi connectivity index (χ0n) is 21.2. The lowest BCUT2D eigenvalue weighted by atomic mass is 9.82. The van der Waals surface area contributed by atoms with Crippen molar-refractivity contribution in [2.75, 3.05) is 30.3 Å². The molecule has 0 saturated heterocycles.